The Balaban J connectivity index is 1.37. The number of nitrogens with one attached hydrogen (secondary N) is 1. The largest absolute Gasteiger partial charge is 0.298 e. The molecular weight excluding hydrogens is 474 g/mol. The number of nitrogens with zero attached hydrogens (tertiary/aromatic N) is 2. The Morgan fingerprint density at radius 3 is 2.59 bits per heavy atom. The van der Waals surface area contributed by atoms with E-state index in [1.165, 1.54) is 39.7 Å². The summed E-state index contributed by atoms with van der Waals surface area (Å²) in [6, 6.07) is 17.7. The third kappa shape index (κ3) is 3.97. The van der Waals surface area contributed by atoms with E-state index in [2.05, 4.69) is 34.6 Å². The number of sulfone groups is 1. The summed E-state index contributed by atoms with van der Waals surface area (Å²) in [6.07, 6.45) is 1.74. The number of rotatable bonds is 5. The van der Waals surface area contributed by atoms with Gasteiger partial charge in [0.15, 0.2) is 15.0 Å². The molecule has 0 unspecified atom stereocenters. The molecule has 0 saturated carbocycles. The number of carbonyl (C=O) groups is 1. The molecule has 0 aliphatic heterocycles. The highest BCUT2D eigenvalue weighted by molar-refractivity contribution is 7.90. The summed E-state index contributed by atoms with van der Waals surface area (Å²) < 4.78 is 23.6. The highest BCUT2D eigenvalue weighted by Gasteiger charge is 2.24. The number of aromatic nitrogens is 1. The second-order valence-electron chi connectivity index (χ2n) is 7.91. The summed E-state index contributed by atoms with van der Waals surface area (Å²) in [4.78, 5) is 27.2. The van der Waals surface area contributed by atoms with Crippen molar-refractivity contribution < 1.29 is 18.1 Å². The van der Waals surface area contributed by atoms with E-state index in [1.54, 1.807) is 0 Å². The van der Waals surface area contributed by atoms with E-state index in [9.17, 15) is 23.3 Å². The van der Waals surface area contributed by atoms with Crippen molar-refractivity contribution in [3.8, 4) is 22.4 Å². The number of anilines is 1. The lowest BCUT2D eigenvalue weighted by Crippen LogP contribution is -2.13. The Kier molecular flexibility index (Phi) is 5.26. The van der Waals surface area contributed by atoms with Crippen LogP contribution in [0.2, 0.25) is 0 Å². The Bertz CT molecular complexity index is 1590. The Labute approximate surface area is 199 Å². The van der Waals surface area contributed by atoms with Gasteiger partial charge in [0.25, 0.3) is 11.6 Å². The van der Waals surface area contributed by atoms with E-state index in [1.807, 2.05) is 23.6 Å². The number of fused-ring (bicyclic) bond motifs is 3. The van der Waals surface area contributed by atoms with Crippen molar-refractivity contribution in [1.82, 2.24) is 4.98 Å². The fraction of sp³-hybridized carbons (Fsp3) is 0.0833. The molecule has 4 aromatic rings. The molecule has 34 heavy (non-hydrogen) atoms. The zero-order valence-corrected chi connectivity index (χ0v) is 19.4. The molecule has 0 radical (unpaired) electrons. The zero-order chi connectivity index (χ0) is 24.0. The molecule has 3 aromatic carbocycles. The molecule has 1 aromatic heterocycles. The van der Waals surface area contributed by atoms with E-state index < -0.39 is 31.3 Å². The Hall–Kier alpha value is -3.89. The Morgan fingerprint density at radius 1 is 1.06 bits per heavy atom. The fourth-order valence-corrected chi connectivity index (χ4v) is 5.60. The number of hydrogen-bond donors (Lipinski definition) is 1. The van der Waals surface area contributed by atoms with Crippen molar-refractivity contribution in [3.05, 3.63) is 92.8 Å². The minimum absolute atomic E-state index is 0.0360. The SMILES string of the molecule is CS(=O)(=O)c1ccc(C(=O)Nc2nc(-c3ccc4c(c3)Cc3ccccc3-4)cs2)cc1[N+](=O)[O-]. The van der Waals surface area contributed by atoms with E-state index in [0.29, 0.717) is 10.8 Å². The first-order valence-electron chi connectivity index (χ1n) is 10.2. The molecule has 0 saturated heterocycles. The van der Waals surface area contributed by atoms with Crippen LogP contribution >= 0.6 is 11.3 Å². The topological polar surface area (TPSA) is 119 Å². The summed E-state index contributed by atoms with van der Waals surface area (Å²) in [5.74, 6) is -0.617. The maximum absolute atomic E-state index is 12.7. The van der Waals surface area contributed by atoms with E-state index in [0.717, 1.165) is 30.4 Å². The number of nitro groups is 1. The van der Waals surface area contributed by atoms with Crippen LogP contribution in [0.1, 0.15) is 21.5 Å². The molecule has 1 aliphatic rings. The summed E-state index contributed by atoms with van der Waals surface area (Å²) in [5, 5.41) is 16.1. The van der Waals surface area contributed by atoms with Crippen molar-refractivity contribution in [2.75, 3.05) is 11.6 Å². The molecule has 170 valence electrons. The van der Waals surface area contributed by atoms with Crippen molar-refractivity contribution in [2.24, 2.45) is 0 Å². The molecule has 1 amide bonds. The van der Waals surface area contributed by atoms with Gasteiger partial charge in [-0.2, -0.15) is 0 Å². The van der Waals surface area contributed by atoms with Crippen molar-refractivity contribution >= 4 is 37.9 Å². The monoisotopic (exact) mass is 491 g/mol. The average molecular weight is 492 g/mol. The first-order valence-corrected chi connectivity index (χ1v) is 12.9. The van der Waals surface area contributed by atoms with Gasteiger partial charge in [0.2, 0.25) is 0 Å². The number of benzene rings is 3. The van der Waals surface area contributed by atoms with Crippen LogP contribution in [0.3, 0.4) is 0 Å². The zero-order valence-electron chi connectivity index (χ0n) is 17.8. The highest BCUT2D eigenvalue weighted by atomic mass is 32.2. The van der Waals surface area contributed by atoms with Crippen molar-refractivity contribution in [1.29, 1.82) is 0 Å². The third-order valence-electron chi connectivity index (χ3n) is 5.63. The molecule has 1 N–H and O–H groups in total. The second kappa shape index (κ2) is 8.15. The lowest BCUT2D eigenvalue weighted by molar-refractivity contribution is -0.387. The van der Waals surface area contributed by atoms with Crippen LogP contribution in [0.15, 0.2) is 70.9 Å². The summed E-state index contributed by atoms with van der Waals surface area (Å²) in [5.41, 5.74) is 5.91. The predicted molar refractivity (Wildman–Crippen MR) is 130 cm³/mol. The summed E-state index contributed by atoms with van der Waals surface area (Å²) >= 11 is 1.23. The lowest BCUT2D eigenvalue weighted by Gasteiger charge is -2.05. The minimum Gasteiger partial charge on any atom is -0.298 e. The highest BCUT2D eigenvalue weighted by Crippen LogP contribution is 2.38. The van der Waals surface area contributed by atoms with E-state index in [4.69, 9.17) is 0 Å². The number of hydrogen-bond acceptors (Lipinski definition) is 7. The molecule has 10 heteroatoms. The molecule has 0 atom stereocenters. The van der Waals surface area contributed by atoms with Gasteiger partial charge in [-0.1, -0.05) is 36.4 Å². The van der Waals surface area contributed by atoms with Gasteiger partial charge in [-0.05, 0) is 46.9 Å². The molecular formula is C24H17N3O5S2. The normalized spacial score (nSPS) is 12.1. The molecule has 8 nitrogen and oxygen atoms in total. The van der Waals surface area contributed by atoms with E-state index >= 15 is 0 Å². The van der Waals surface area contributed by atoms with Gasteiger partial charge < -0.3 is 0 Å². The van der Waals surface area contributed by atoms with Crippen LogP contribution in [-0.4, -0.2) is 30.5 Å². The quantitative estimate of drug-likeness (QED) is 0.275. The minimum atomic E-state index is -3.81. The first kappa shape index (κ1) is 21.9. The van der Waals surface area contributed by atoms with Gasteiger partial charge in [-0.3, -0.25) is 20.2 Å². The lowest BCUT2D eigenvalue weighted by atomic mass is 10.0. The smallest absolute Gasteiger partial charge is 0.288 e. The number of thiazole rings is 1. The van der Waals surface area contributed by atoms with Crippen LogP contribution in [-0.2, 0) is 16.3 Å². The molecule has 1 aliphatic carbocycles. The number of carbonyl (C=O) groups excluding carboxylic acids is 1. The van der Waals surface area contributed by atoms with Crippen molar-refractivity contribution in [3.63, 3.8) is 0 Å². The molecule has 5 rings (SSSR count). The van der Waals surface area contributed by atoms with Gasteiger partial charge >= 0.3 is 0 Å². The first-order chi connectivity index (χ1) is 16.2. The predicted octanol–water partition coefficient (Wildman–Crippen LogP) is 4.95. The molecule has 0 spiro atoms. The van der Waals surface area contributed by atoms with Gasteiger partial charge in [-0.15, -0.1) is 11.3 Å². The summed E-state index contributed by atoms with van der Waals surface area (Å²) in [6.45, 7) is 0. The summed E-state index contributed by atoms with van der Waals surface area (Å²) in [7, 11) is -3.81. The van der Waals surface area contributed by atoms with Crippen LogP contribution in [0.5, 0.6) is 0 Å². The van der Waals surface area contributed by atoms with Crippen LogP contribution < -0.4 is 5.32 Å². The average Bonchev–Trinajstić information content (AvgIpc) is 3.42. The van der Waals surface area contributed by atoms with Gasteiger partial charge in [-0.25, -0.2) is 13.4 Å². The maximum Gasteiger partial charge on any atom is 0.288 e. The van der Waals surface area contributed by atoms with Crippen LogP contribution in [0.4, 0.5) is 10.8 Å². The van der Waals surface area contributed by atoms with Crippen molar-refractivity contribution in [2.45, 2.75) is 11.3 Å². The Morgan fingerprint density at radius 2 is 1.82 bits per heavy atom. The van der Waals surface area contributed by atoms with Gasteiger partial charge in [0.1, 0.15) is 4.90 Å². The standard InChI is InChI=1S/C24H17N3O5S2/c1-34(31,32)22-9-7-16(12-21(22)27(29)30)23(28)26-24-25-20(13-33-24)15-6-8-19-17(11-15)10-14-4-2-3-5-18(14)19/h2-9,11-13H,10H2,1H3,(H,25,26,28). The fourth-order valence-electron chi connectivity index (χ4n) is 4.05. The second-order valence-corrected chi connectivity index (χ2v) is 10.8. The maximum atomic E-state index is 12.7. The van der Waals surface area contributed by atoms with Gasteiger partial charge in [0.05, 0.1) is 10.6 Å². The molecule has 0 fully saturated rings. The third-order valence-corrected chi connectivity index (χ3v) is 7.53. The van der Waals surface area contributed by atoms with Crippen LogP contribution in [0.25, 0.3) is 22.4 Å². The number of amides is 1. The van der Waals surface area contributed by atoms with Gasteiger partial charge in [0, 0.05) is 28.8 Å². The van der Waals surface area contributed by atoms with E-state index in [-0.39, 0.29) is 5.56 Å². The molecule has 1 heterocycles. The molecule has 0 bridgehead atoms. The number of nitro benzene ring substituents is 1. The van der Waals surface area contributed by atoms with Crippen LogP contribution in [0, 0.1) is 10.1 Å².